The Hall–Kier alpha value is -1.35. The summed E-state index contributed by atoms with van der Waals surface area (Å²) in [4.78, 5) is 6.60. The van der Waals surface area contributed by atoms with Gasteiger partial charge in [0.1, 0.15) is 5.82 Å². The third kappa shape index (κ3) is 3.36. The Morgan fingerprint density at radius 3 is 2.80 bits per heavy atom. The van der Waals surface area contributed by atoms with Gasteiger partial charge in [-0.15, -0.1) is 6.58 Å². The molecule has 15 heavy (non-hydrogen) atoms. The lowest BCUT2D eigenvalue weighted by Gasteiger charge is -2.19. The Balaban J connectivity index is 2.72. The number of anilines is 1. The van der Waals surface area contributed by atoms with E-state index in [4.69, 9.17) is 0 Å². The van der Waals surface area contributed by atoms with E-state index in [0.717, 1.165) is 25.5 Å². The van der Waals surface area contributed by atoms with Crippen molar-refractivity contribution in [3.8, 4) is 0 Å². The van der Waals surface area contributed by atoms with Crippen molar-refractivity contribution < 1.29 is 0 Å². The van der Waals surface area contributed by atoms with Crippen LogP contribution >= 0.6 is 0 Å². The van der Waals surface area contributed by atoms with Gasteiger partial charge in [0.05, 0.1) is 0 Å². The molecule has 3 heteroatoms. The van der Waals surface area contributed by atoms with Crippen LogP contribution in [0.1, 0.15) is 12.5 Å². The first-order valence-electron chi connectivity index (χ1n) is 5.27. The molecule has 1 N–H and O–H groups in total. The van der Waals surface area contributed by atoms with Crippen LogP contribution in [0.3, 0.4) is 0 Å². The number of nitrogens with zero attached hydrogens (tertiary/aromatic N) is 2. The summed E-state index contributed by atoms with van der Waals surface area (Å²) in [7, 11) is 1.93. The van der Waals surface area contributed by atoms with Crippen LogP contribution in [0.5, 0.6) is 0 Å². The maximum atomic E-state index is 4.43. The molecule has 0 saturated heterocycles. The zero-order valence-electron chi connectivity index (χ0n) is 9.53. The van der Waals surface area contributed by atoms with Crippen molar-refractivity contribution in [1.82, 2.24) is 10.3 Å². The highest BCUT2D eigenvalue weighted by molar-refractivity contribution is 5.39. The number of rotatable bonds is 6. The van der Waals surface area contributed by atoms with Gasteiger partial charge in [-0.1, -0.05) is 12.1 Å². The lowest BCUT2D eigenvalue weighted by molar-refractivity contribution is 0.809. The van der Waals surface area contributed by atoms with E-state index in [1.165, 1.54) is 5.56 Å². The van der Waals surface area contributed by atoms with Gasteiger partial charge < -0.3 is 10.2 Å². The molecule has 82 valence electrons. The summed E-state index contributed by atoms with van der Waals surface area (Å²) >= 11 is 0. The molecule has 3 nitrogen and oxygen atoms in total. The minimum absolute atomic E-state index is 0.842. The molecule has 0 radical (unpaired) electrons. The molecule has 0 aliphatic carbocycles. The molecule has 0 fully saturated rings. The van der Waals surface area contributed by atoms with Gasteiger partial charge in [0, 0.05) is 25.8 Å². The normalized spacial score (nSPS) is 10.0. The van der Waals surface area contributed by atoms with Gasteiger partial charge in [-0.3, -0.25) is 0 Å². The standard InChI is InChI=1S/C12H19N3/c1-4-8-15(5-2)12-7-6-11(9-13-3)10-14-12/h4,6-7,10,13H,1,5,8-9H2,2-3H3. The molecule has 1 rings (SSSR count). The first-order valence-corrected chi connectivity index (χ1v) is 5.27. The summed E-state index contributed by atoms with van der Waals surface area (Å²) < 4.78 is 0. The second-order valence-electron chi connectivity index (χ2n) is 3.38. The van der Waals surface area contributed by atoms with Crippen molar-refractivity contribution in [2.75, 3.05) is 25.0 Å². The van der Waals surface area contributed by atoms with Gasteiger partial charge in [-0.05, 0) is 25.6 Å². The minimum Gasteiger partial charge on any atom is -0.353 e. The Labute approximate surface area is 91.8 Å². The maximum absolute atomic E-state index is 4.43. The van der Waals surface area contributed by atoms with Crippen LogP contribution in [0.4, 0.5) is 5.82 Å². The third-order valence-corrected chi connectivity index (χ3v) is 2.25. The van der Waals surface area contributed by atoms with Gasteiger partial charge in [0.25, 0.3) is 0 Å². The fourth-order valence-electron chi connectivity index (χ4n) is 1.45. The summed E-state index contributed by atoms with van der Waals surface area (Å²) in [6.07, 6.45) is 3.81. The Bertz CT molecular complexity index is 292. The Morgan fingerprint density at radius 1 is 1.53 bits per heavy atom. The van der Waals surface area contributed by atoms with Crippen LogP contribution in [-0.4, -0.2) is 25.1 Å². The summed E-state index contributed by atoms with van der Waals surface area (Å²) in [5, 5.41) is 3.10. The number of aromatic nitrogens is 1. The fourth-order valence-corrected chi connectivity index (χ4v) is 1.45. The van der Waals surface area contributed by atoms with Gasteiger partial charge in [-0.2, -0.15) is 0 Å². The topological polar surface area (TPSA) is 28.2 Å². The molecule has 0 amide bonds. The molecule has 0 bridgehead atoms. The second-order valence-corrected chi connectivity index (χ2v) is 3.38. The lowest BCUT2D eigenvalue weighted by atomic mass is 10.2. The molecule has 0 spiro atoms. The molecule has 0 aromatic carbocycles. The van der Waals surface area contributed by atoms with E-state index < -0.39 is 0 Å². The highest BCUT2D eigenvalue weighted by atomic mass is 15.2. The zero-order chi connectivity index (χ0) is 11.1. The first kappa shape index (κ1) is 11.7. The summed E-state index contributed by atoms with van der Waals surface area (Å²) in [5.74, 6) is 1.01. The highest BCUT2D eigenvalue weighted by Gasteiger charge is 2.02. The number of hydrogen-bond acceptors (Lipinski definition) is 3. The van der Waals surface area contributed by atoms with E-state index in [9.17, 15) is 0 Å². The van der Waals surface area contributed by atoms with Crippen LogP contribution in [0.15, 0.2) is 31.0 Å². The van der Waals surface area contributed by atoms with Crippen LogP contribution in [0, 0.1) is 0 Å². The van der Waals surface area contributed by atoms with E-state index in [1.54, 1.807) is 0 Å². The number of hydrogen-bond donors (Lipinski definition) is 1. The van der Waals surface area contributed by atoms with Crippen molar-refractivity contribution in [3.63, 3.8) is 0 Å². The second kappa shape index (κ2) is 6.19. The summed E-state index contributed by atoms with van der Waals surface area (Å²) in [6.45, 7) is 8.51. The lowest BCUT2D eigenvalue weighted by Crippen LogP contribution is -2.23. The van der Waals surface area contributed by atoms with Crippen LogP contribution in [0.2, 0.25) is 0 Å². The molecule has 1 aromatic rings. The van der Waals surface area contributed by atoms with Crippen molar-refractivity contribution in [2.24, 2.45) is 0 Å². The van der Waals surface area contributed by atoms with Crippen LogP contribution in [0.25, 0.3) is 0 Å². The molecular formula is C12H19N3. The fraction of sp³-hybridized carbons (Fsp3) is 0.417. The first-order chi connectivity index (χ1) is 7.31. The maximum Gasteiger partial charge on any atom is 0.128 e. The summed E-state index contributed by atoms with van der Waals surface area (Å²) in [6, 6.07) is 4.16. The molecule has 1 heterocycles. The van der Waals surface area contributed by atoms with E-state index in [2.05, 4.69) is 40.8 Å². The summed E-state index contributed by atoms with van der Waals surface area (Å²) in [5.41, 5.74) is 1.20. The molecule has 1 aromatic heterocycles. The third-order valence-electron chi connectivity index (χ3n) is 2.25. The predicted molar refractivity (Wildman–Crippen MR) is 65.1 cm³/mol. The average molecular weight is 205 g/mol. The number of nitrogens with one attached hydrogen (secondary N) is 1. The highest BCUT2D eigenvalue weighted by Crippen LogP contribution is 2.10. The van der Waals surface area contributed by atoms with Gasteiger partial charge in [0.15, 0.2) is 0 Å². The van der Waals surface area contributed by atoms with E-state index in [1.807, 2.05) is 19.3 Å². The molecule has 0 atom stereocenters. The minimum atomic E-state index is 0.842. The molecule has 0 saturated carbocycles. The van der Waals surface area contributed by atoms with Crippen LogP contribution in [-0.2, 0) is 6.54 Å². The van der Waals surface area contributed by atoms with Gasteiger partial charge in [0.2, 0.25) is 0 Å². The number of pyridine rings is 1. The molecule has 0 aliphatic rings. The van der Waals surface area contributed by atoms with Crippen molar-refractivity contribution >= 4 is 5.82 Å². The zero-order valence-corrected chi connectivity index (χ0v) is 9.53. The van der Waals surface area contributed by atoms with Gasteiger partial charge >= 0.3 is 0 Å². The van der Waals surface area contributed by atoms with E-state index in [0.29, 0.717) is 0 Å². The van der Waals surface area contributed by atoms with Crippen molar-refractivity contribution in [1.29, 1.82) is 0 Å². The Morgan fingerprint density at radius 2 is 2.33 bits per heavy atom. The quantitative estimate of drug-likeness (QED) is 0.718. The Kier molecular flexibility index (Phi) is 4.84. The van der Waals surface area contributed by atoms with E-state index >= 15 is 0 Å². The average Bonchev–Trinajstić information content (AvgIpc) is 2.28. The predicted octanol–water partition coefficient (Wildman–Crippen LogP) is 1.81. The monoisotopic (exact) mass is 205 g/mol. The van der Waals surface area contributed by atoms with Crippen LogP contribution < -0.4 is 10.2 Å². The van der Waals surface area contributed by atoms with Crippen molar-refractivity contribution in [3.05, 3.63) is 36.5 Å². The smallest absolute Gasteiger partial charge is 0.128 e. The van der Waals surface area contributed by atoms with Gasteiger partial charge in [-0.25, -0.2) is 4.98 Å². The molecule has 0 unspecified atom stereocenters. The number of likely N-dealkylation sites (N-methyl/N-ethyl adjacent to an activating group) is 1. The molecular weight excluding hydrogens is 186 g/mol. The largest absolute Gasteiger partial charge is 0.353 e. The SMILES string of the molecule is C=CCN(CC)c1ccc(CNC)cn1. The van der Waals surface area contributed by atoms with E-state index in [-0.39, 0.29) is 0 Å². The molecule has 0 aliphatic heterocycles. The van der Waals surface area contributed by atoms with Crippen molar-refractivity contribution in [2.45, 2.75) is 13.5 Å².